The fourth-order valence-electron chi connectivity index (χ4n) is 2.03. The second-order valence-electron chi connectivity index (χ2n) is 4.54. The molecule has 5 heteroatoms. The van der Waals surface area contributed by atoms with Crippen LogP contribution in [0.15, 0.2) is 29.2 Å². The summed E-state index contributed by atoms with van der Waals surface area (Å²) in [5, 5.41) is 4.05. The third-order valence-corrected chi connectivity index (χ3v) is 4.64. The van der Waals surface area contributed by atoms with E-state index in [1.807, 2.05) is 13.0 Å². The zero-order valence-corrected chi connectivity index (χ0v) is 11.7. The minimum Gasteiger partial charge on any atom is -0.199 e. The van der Waals surface area contributed by atoms with E-state index in [1.54, 1.807) is 39.0 Å². The molecule has 0 N–H and O–H groups in total. The molecule has 0 aliphatic carbocycles. The SMILES string of the molecule is Cc1ccc(S(=O)(=O)n2nc(C)cc2C)c(C)c1. The molecule has 0 amide bonds. The molecule has 0 bridgehead atoms. The number of nitrogens with zero attached hydrogens (tertiary/aromatic N) is 2. The molecule has 0 unspecified atom stereocenters. The van der Waals surface area contributed by atoms with Crippen molar-refractivity contribution in [3.05, 3.63) is 46.8 Å². The highest BCUT2D eigenvalue weighted by Gasteiger charge is 2.22. The Morgan fingerprint density at radius 2 is 1.72 bits per heavy atom. The van der Waals surface area contributed by atoms with E-state index >= 15 is 0 Å². The molecular formula is C13H16N2O2S. The second kappa shape index (κ2) is 4.24. The predicted octanol–water partition coefficient (Wildman–Crippen LogP) is 2.35. The molecule has 2 aromatic rings. The van der Waals surface area contributed by atoms with Crippen molar-refractivity contribution in [1.82, 2.24) is 9.19 Å². The van der Waals surface area contributed by atoms with Crippen molar-refractivity contribution >= 4 is 10.0 Å². The Morgan fingerprint density at radius 1 is 1.06 bits per heavy atom. The molecular weight excluding hydrogens is 248 g/mol. The number of rotatable bonds is 2. The Hall–Kier alpha value is -1.62. The van der Waals surface area contributed by atoms with Crippen LogP contribution in [0.5, 0.6) is 0 Å². The smallest absolute Gasteiger partial charge is 0.199 e. The first-order chi connectivity index (χ1) is 8.32. The largest absolute Gasteiger partial charge is 0.283 e. The third kappa shape index (κ3) is 2.06. The summed E-state index contributed by atoms with van der Waals surface area (Å²) in [6, 6.07) is 7.04. The van der Waals surface area contributed by atoms with Crippen LogP contribution in [0.2, 0.25) is 0 Å². The molecule has 0 fully saturated rings. The van der Waals surface area contributed by atoms with Gasteiger partial charge in [0.25, 0.3) is 10.0 Å². The lowest BCUT2D eigenvalue weighted by atomic mass is 10.2. The average molecular weight is 264 g/mol. The number of aryl methyl sites for hydroxylation is 4. The van der Waals surface area contributed by atoms with Crippen molar-refractivity contribution in [3.8, 4) is 0 Å². The van der Waals surface area contributed by atoms with Crippen molar-refractivity contribution < 1.29 is 8.42 Å². The first-order valence-corrected chi connectivity index (χ1v) is 7.12. The van der Waals surface area contributed by atoms with Crippen molar-refractivity contribution in [2.75, 3.05) is 0 Å². The molecule has 4 nitrogen and oxygen atoms in total. The molecule has 0 aliphatic heterocycles. The highest BCUT2D eigenvalue weighted by Crippen LogP contribution is 2.20. The van der Waals surface area contributed by atoms with Crippen LogP contribution in [0.4, 0.5) is 0 Å². The van der Waals surface area contributed by atoms with Gasteiger partial charge in [-0.05, 0) is 45.4 Å². The van der Waals surface area contributed by atoms with Gasteiger partial charge in [-0.25, -0.2) is 0 Å². The molecule has 0 aliphatic rings. The Morgan fingerprint density at radius 3 is 2.22 bits per heavy atom. The first-order valence-electron chi connectivity index (χ1n) is 5.68. The summed E-state index contributed by atoms with van der Waals surface area (Å²) in [6.07, 6.45) is 0. The molecule has 0 atom stereocenters. The van der Waals surface area contributed by atoms with Gasteiger partial charge in [-0.1, -0.05) is 17.7 Å². The lowest BCUT2D eigenvalue weighted by Gasteiger charge is -2.09. The van der Waals surface area contributed by atoms with Gasteiger partial charge in [0.1, 0.15) is 0 Å². The topological polar surface area (TPSA) is 52.0 Å². The fourth-order valence-corrected chi connectivity index (χ4v) is 3.59. The van der Waals surface area contributed by atoms with Crippen LogP contribution >= 0.6 is 0 Å². The van der Waals surface area contributed by atoms with E-state index in [0.29, 0.717) is 16.3 Å². The number of benzene rings is 1. The van der Waals surface area contributed by atoms with Gasteiger partial charge >= 0.3 is 0 Å². The van der Waals surface area contributed by atoms with Gasteiger partial charge in [0.2, 0.25) is 0 Å². The third-order valence-electron chi connectivity index (χ3n) is 2.80. The highest BCUT2D eigenvalue weighted by atomic mass is 32.2. The van der Waals surface area contributed by atoms with Gasteiger partial charge in [-0.3, -0.25) is 0 Å². The van der Waals surface area contributed by atoms with Crippen LogP contribution < -0.4 is 0 Å². The predicted molar refractivity (Wildman–Crippen MR) is 70.2 cm³/mol. The van der Waals surface area contributed by atoms with E-state index in [2.05, 4.69) is 5.10 Å². The molecule has 0 saturated carbocycles. The molecule has 18 heavy (non-hydrogen) atoms. The zero-order chi connectivity index (χ0) is 13.5. The van der Waals surface area contributed by atoms with Crippen LogP contribution in [-0.2, 0) is 10.0 Å². The summed E-state index contributed by atoms with van der Waals surface area (Å²) in [4.78, 5) is 0.305. The summed E-state index contributed by atoms with van der Waals surface area (Å²) in [7, 11) is -3.59. The quantitative estimate of drug-likeness (QED) is 0.836. The summed E-state index contributed by atoms with van der Waals surface area (Å²) in [5.74, 6) is 0. The Kier molecular flexibility index (Phi) is 3.02. The Labute approximate surface area is 107 Å². The van der Waals surface area contributed by atoms with Crippen LogP contribution in [0, 0.1) is 27.7 Å². The van der Waals surface area contributed by atoms with Crippen LogP contribution in [0.25, 0.3) is 0 Å². The molecule has 96 valence electrons. The maximum Gasteiger partial charge on any atom is 0.283 e. The summed E-state index contributed by atoms with van der Waals surface area (Å²) in [5.41, 5.74) is 3.09. The molecule has 1 aromatic heterocycles. The summed E-state index contributed by atoms with van der Waals surface area (Å²) < 4.78 is 26.1. The molecule has 1 aromatic carbocycles. The van der Waals surface area contributed by atoms with Gasteiger partial charge in [0, 0.05) is 0 Å². The van der Waals surface area contributed by atoms with Gasteiger partial charge in [0.15, 0.2) is 0 Å². The Bertz CT molecular complexity index is 700. The standard InChI is InChI=1S/C13H16N2O2S/c1-9-5-6-13(10(2)7-9)18(16,17)15-12(4)8-11(3)14-15/h5-8H,1-4H3. The van der Waals surface area contributed by atoms with Crippen molar-refractivity contribution in [2.45, 2.75) is 32.6 Å². The van der Waals surface area contributed by atoms with Gasteiger partial charge < -0.3 is 0 Å². The van der Waals surface area contributed by atoms with Crippen LogP contribution in [0.1, 0.15) is 22.5 Å². The number of aromatic nitrogens is 2. The summed E-state index contributed by atoms with van der Waals surface area (Å²) in [6.45, 7) is 7.25. The van der Waals surface area contributed by atoms with Crippen molar-refractivity contribution in [2.24, 2.45) is 0 Å². The minimum absolute atomic E-state index is 0.305. The van der Waals surface area contributed by atoms with E-state index in [1.165, 1.54) is 0 Å². The zero-order valence-electron chi connectivity index (χ0n) is 10.9. The second-order valence-corrected chi connectivity index (χ2v) is 6.28. The van der Waals surface area contributed by atoms with Crippen molar-refractivity contribution in [3.63, 3.8) is 0 Å². The maximum absolute atomic E-state index is 12.5. The molecule has 2 rings (SSSR count). The molecule has 1 heterocycles. The van der Waals surface area contributed by atoms with Gasteiger partial charge in [-0.2, -0.15) is 17.6 Å². The lowest BCUT2D eigenvalue weighted by molar-refractivity contribution is 0.577. The number of hydrogen-bond acceptors (Lipinski definition) is 3. The van der Waals surface area contributed by atoms with E-state index in [-0.39, 0.29) is 0 Å². The highest BCUT2D eigenvalue weighted by molar-refractivity contribution is 7.90. The first kappa shape index (κ1) is 12.8. The fraction of sp³-hybridized carbons (Fsp3) is 0.308. The van der Waals surface area contributed by atoms with E-state index < -0.39 is 10.0 Å². The lowest BCUT2D eigenvalue weighted by Crippen LogP contribution is -2.17. The van der Waals surface area contributed by atoms with Gasteiger partial charge in [-0.15, -0.1) is 0 Å². The van der Waals surface area contributed by atoms with E-state index in [9.17, 15) is 8.42 Å². The van der Waals surface area contributed by atoms with E-state index in [0.717, 1.165) is 15.2 Å². The molecule has 0 saturated heterocycles. The molecule has 0 spiro atoms. The van der Waals surface area contributed by atoms with Crippen LogP contribution in [0.3, 0.4) is 0 Å². The van der Waals surface area contributed by atoms with Crippen LogP contribution in [-0.4, -0.2) is 17.6 Å². The monoisotopic (exact) mass is 264 g/mol. The normalized spacial score (nSPS) is 11.8. The number of hydrogen-bond donors (Lipinski definition) is 0. The Balaban J connectivity index is 2.65. The van der Waals surface area contributed by atoms with Crippen molar-refractivity contribution in [1.29, 1.82) is 0 Å². The van der Waals surface area contributed by atoms with Gasteiger partial charge in [0.05, 0.1) is 16.3 Å². The summed E-state index contributed by atoms with van der Waals surface area (Å²) >= 11 is 0. The average Bonchev–Trinajstić information content (AvgIpc) is 2.57. The maximum atomic E-state index is 12.5. The minimum atomic E-state index is -3.59. The van der Waals surface area contributed by atoms with E-state index in [4.69, 9.17) is 0 Å². The molecule has 0 radical (unpaired) electrons.